The second-order valence-electron chi connectivity index (χ2n) is 3.24. The highest BCUT2D eigenvalue weighted by molar-refractivity contribution is 5.96. The van der Waals surface area contributed by atoms with Crippen molar-refractivity contribution in [3.05, 3.63) is 35.7 Å². The first-order valence-corrected chi connectivity index (χ1v) is 4.96. The van der Waals surface area contributed by atoms with E-state index in [2.05, 4.69) is 5.10 Å². The molecule has 0 fully saturated rings. The van der Waals surface area contributed by atoms with Crippen LogP contribution in [0.4, 0.5) is 4.39 Å². The Bertz CT molecular complexity index is 522. The van der Waals surface area contributed by atoms with Crippen LogP contribution in [0.1, 0.15) is 23.0 Å². The molecule has 0 aliphatic rings. The fourth-order valence-electron chi connectivity index (χ4n) is 1.51. The van der Waals surface area contributed by atoms with Gasteiger partial charge in [-0.15, -0.1) is 0 Å². The van der Waals surface area contributed by atoms with Gasteiger partial charge in [0.2, 0.25) is 0 Å². The molecular weight excluding hydrogens is 211 g/mol. The van der Waals surface area contributed by atoms with Gasteiger partial charge in [0.05, 0.1) is 23.4 Å². The molecule has 2 aromatic rings. The van der Waals surface area contributed by atoms with Crippen LogP contribution in [0.25, 0.3) is 5.52 Å². The molecule has 2 aromatic heterocycles. The second kappa shape index (κ2) is 4.30. The lowest BCUT2D eigenvalue weighted by Gasteiger charge is -2.02. The lowest BCUT2D eigenvalue weighted by atomic mass is 10.2. The third kappa shape index (κ3) is 1.76. The van der Waals surface area contributed by atoms with Gasteiger partial charge in [-0.3, -0.25) is 0 Å². The summed E-state index contributed by atoms with van der Waals surface area (Å²) in [7, 11) is 0. The van der Waals surface area contributed by atoms with Crippen molar-refractivity contribution in [2.75, 3.05) is 6.61 Å². The smallest absolute Gasteiger partial charge is 0.340 e. The molecule has 0 saturated heterocycles. The number of hydrogen-bond acceptors (Lipinski definition) is 3. The summed E-state index contributed by atoms with van der Waals surface area (Å²) < 4.78 is 18.8. The summed E-state index contributed by atoms with van der Waals surface area (Å²) in [4.78, 5) is 11.6. The van der Waals surface area contributed by atoms with Gasteiger partial charge < -0.3 is 4.74 Å². The SMILES string of the molecule is CCOC(=O)c1cccn2nc(CF)cc12. The Morgan fingerprint density at radius 1 is 1.62 bits per heavy atom. The number of halogens is 1. The van der Waals surface area contributed by atoms with Gasteiger partial charge >= 0.3 is 5.97 Å². The Labute approximate surface area is 91.6 Å². The molecule has 0 unspecified atom stereocenters. The van der Waals surface area contributed by atoms with Crippen molar-refractivity contribution in [1.29, 1.82) is 0 Å². The van der Waals surface area contributed by atoms with Crippen LogP contribution in [0.15, 0.2) is 24.4 Å². The molecular formula is C11H11FN2O2. The lowest BCUT2D eigenvalue weighted by molar-refractivity contribution is 0.0528. The molecule has 0 aliphatic heterocycles. The van der Waals surface area contributed by atoms with Crippen molar-refractivity contribution >= 4 is 11.5 Å². The summed E-state index contributed by atoms with van der Waals surface area (Å²) in [5, 5.41) is 3.97. The van der Waals surface area contributed by atoms with Gasteiger partial charge in [0.1, 0.15) is 6.67 Å². The zero-order chi connectivity index (χ0) is 11.5. The Morgan fingerprint density at radius 2 is 2.44 bits per heavy atom. The van der Waals surface area contributed by atoms with Crippen molar-refractivity contribution in [2.45, 2.75) is 13.6 Å². The summed E-state index contributed by atoms with van der Waals surface area (Å²) in [6.07, 6.45) is 1.66. The number of carbonyl (C=O) groups excluding carboxylic acids is 1. The van der Waals surface area contributed by atoms with E-state index in [9.17, 15) is 9.18 Å². The average Bonchev–Trinajstić information content (AvgIpc) is 2.71. The lowest BCUT2D eigenvalue weighted by Crippen LogP contribution is -2.06. The fourth-order valence-corrected chi connectivity index (χ4v) is 1.51. The summed E-state index contributed by atoms with van der Waals surface area (Å²) in [6.45, 7) is 1.40. The zero-order valence-corrected chi connectivity index (χ0v) is 8.81. The molecule has 0 saturated carbocycles. The predicted molar refractivity (Wildman–Crippen MR) is 56.0 cm³/mol. The van der Waals surface area contributed by atoms with Crippen molar-refractivity contribution in [2.24, 2.45) is 0 Å². The van der Waals surface area contributed by atoms with E-state index in [-0.39, 0.29) is 0 Å². The Balaban J connectivity index is 2.52. The van der Waals surface area contributed by atoms with E-state index in [1.165, 1.54) is 4.52 Å². The first-order chi connectivity index (χ1) is 7.76. The van der Waals surface area contributed by atoms with E-state index in [0.29, 0.717) is 23.4 Å². The molecule has 0 spiro atoms. The van der Waals surface area contributed by atoms with Crippen molar-refractivity contribution in [3.63, 3.8) is 0 Å². The van der Waals surface area contributed by atoms with Gasteiger partial charge in [-0.25, -0.2) is 13.7 Å². The summed E-state index contributed by atoms with van der Waals surface area (Å²) in [5.74, 6) is -0.418. The van der Waals surface area contributed by atoms with Gasteiger partial charge in [0.25, 0.3) is 0 Å². The number of rotatable bonds is 3. The first kappa shape index (κ1) is 10.6. The summed E-state index contributed by atoms with van der Waals surface area (Å²) in [5.41, 5.74) is 1.27. The number of alkyl halides is 1. The number of esters is 1. The summed E-state index contributed by atoms with van der Waals surface area (Å²) >= 11 is 0. The number of ether oxygens (including phenoxy) is 1. The quantitative estimate of drug-likeness (QED) is 0.746. The van der Waals surface area contributed by atoms with Gasteiger partial charge in [-0.05, 0) is 25.1 Å². The van der Waals surface area contributed by atoms with E-state index >= 15 is 0 Å². The van der Waals surface area contributed by atoms with Gasteiger partial charge in [-0.2, -0.15) is 5.10 Å². The van der Waals surface area contributed by atoms with Gasteiger partial charge in [0.15, 0.2) is 0 Å². The molecule has 0 aromatic carbocycles. The third-order valence-corrected chi connectivity index (χ3v) is 2.18. The molecule has 0 N–H and O–H groups in total. The van der Waals surface area contributed by atoms with Gasteiger partial charge in [-0.1, -0.05) is 0 Å². The molecule has 0 atom stereocenters. The second-order valence-corrected chi connectivity index (χ2v) is 3.24. The van der Waals surface area contributed by atoms with Crippen LogP contribution < -0.4 is 0 Å². The maximum Gasteiger partial charge on any atom is 0.340 e. The van der Waals surface area contributed by atoms with Crippen LogP contribution in [0, 0.1) is 0 Å². The average molecular weight is 222 g/mol. The molecule has 4 nitrogen and oxygen atoms in total. The van der Waals surface area contributed by atoms with Crippen LogP contribution >= 0.6 is 0 Å². The van der Waals surface area contributed by atoms with Crippen molar-refractivity contribution in [3.8, 4) is 0 Å². The monoisotopic (exact) mass is 222 g/mol. The zero-order valence-electron chi connectivity index (χ0n) is 8.81. The summed E-state index contributed by atoms with van der Waals surface area (Å²) in [6, 6.07) is 4.86. The van der Waals surface area contributed by atoms with Crippen molar-refractivity contribution < 1.29 is 13.9 Å². The topological polar surface area (TPSA) is 43.6 Å². The van der Waals surface area contributed by atoms with E-state index < -0.39 is 12.6 Å². The fraction of sp³-hybridized carbons (Fsp3) is 0.273. The van der Waals surface area contributed by atoms with Crippen LogP contribution in [-0.2, 0) is 11.4 Å². The minimum Gasteiger partial charge on any atom is -0.462 e. The van der Waals surface area contributed by atoms with Crippen LogP contribution in [0.2, 0.25) is 0 Å². The van der Waals surface area contributed by atoms with Crippen molar-refractivity contribution in [1.82, 2.24) is 9.61 Å². The van der Waals surface area contributed by atoms with Crippen LogP contribution in [0.5, 0.6) is 0 Å². The molecule has 2 rings (SSSR count). The minimum absolute atomic E-state index is 0.303. The molecule has 0 bridgehead atoms. The molecule has 84 valence electrons. The molecule has 0 radical (unpaired) electrons. The van der Waals surface area contributed by atoms with E-state index in [4.69, 9.17) is 4.74 Å². The predicted octanol–water partition coefficient (Wildman–Crippen LogP) is 1.98. The molecule has 5 heteroatoms. The third-order valence-electron chi connectivity index (χ3n) is 2.18. The number of fused-ring (bicyclic) bond motifs is 1. The molecule has 0 amide bonds. The number of pyridine rings is 1. The Hall–Kier alpha value is -1.91. The standard InChI is InChI=1S/C11H11FN2O2/c1-2-16-11(15)9-4-3-5-14-10(9)6-8(7-12)13-14/h3-6H,2,7H2,1H3. The number of aromatic nitrogens is 2. The minimum atomic E-state index is -0.649. The maximum atomic E-state index is 12.5. The maximum absolute atomic E-state index is 12.5. The normalized spacial score (nSPS) is 10.6. The highest BCUT2D eigenvalue weighted by atomic mass is 19.1. The van der Waals surface area contributed by atoms with E-state index in [0.717, 1.165) is 0 Å². The first-order valence-electron chi connectivity index (χ1n) is 4.96. The largest absolute Gasteiger partial charge is 0.462 e. The highest BCUT2D eigenvalue weighted by Gasteiger charge is 2.13. The Morgan fingerprint density at radius 3 is 3.12 bits per heavy atom. The molecule has 2 heterocycles. The number of nitrogens with zero attached hydrogens (tertiary/aromatic N) is 2. The number of carbonyl (C=O) groups is 1. The van der Waals surface area contributed by atoms with Gasteiger partial charge in [0, 0.05) is 6.20 Å². The highest BCUT2D eigenvalue weighted by Crippen LogP contribution is 2.14. The van der Waals surface area contributed by atoms with E-state index in [1.54, 1.807) is 31.3 Å². The van der Waals surface area contributed by atoms with E-state index in [1.807, 2.05) is 0 Å². The van der Waals surface area contributed by atoms with Crippen LogP contribution in [0.3, 0.4) is 0 Å². The van der Waals surface area contributed by atoms with Crippen LogP contribution in [-0.4, -0.2) is 22.2 Å². The molecule has 16 heavy (non-hydrogen) atoms. The number of hydrogen-bond donors (Lipinski definition) is 0. The molecule has 0 aliphatic carbocycles. The Kier molecular flexibility index (Phi) is 2.85.